The molecule has 1 atom stereocenters. The SMILES string of the molecule is CCC1(c2ccc(NC(=O)c3ccccc3SCc3noc(C)n3)cc2)CCC(=O)NC1=O. The Morgan fingerprint density at radius 3 is 2.61 bits per heavy atom. The Kier molecular flexibility index (Phi) is 6.60. The van der Waals surface area contributed by atoms with Crippen molar-refractivity contribution in [2.75, 3.05) is 5.32 Å². The predicted octanol–water partition coefficient (Wildman–Crippen LogP) is 4.01. The Hall–Kier alpha value is -3.46. The number of aryl methyl sites for hydroxylation is 1. The van der Waals surface area contributed by atoms with E-state index in [0.717, 1.165) is 10.5 Å². The molecule has 1 fully saturated rings. The summed E-state index contributed by atoms with van der Waals surface area (Å²) in [6.07, 6.45) is 1.38. The Morgan fingerprint density at radius 1 is 1.18 bits per heavy atom. The number of imide groups is 1. The molecule has 3 aromatic rings. The second-order valence-corrected chi connectivity index (χ2v) is 8.88. The Morgan fingerprint density at radius 2 is 1.94 bits per heavy atom. The van der Waals surface area contributed by atoms with Crippen LogP contribution in [-0.2, 0) is 20.8 Å². The summed E-state index contributed by atoms with van der Waals surface area (Å²) < 4.78 is 4.99. The molecule has 1 unspecified atom stereocenters. The Bertz CT molecular complexity index is 1190. The molecule has 9 heteroatoms. The second-order valence-electron chi connectivity index (χ2n) is 7.86. The second kappa shape index (κ2) is 9.58. The van der Waals surface area contributed by atoms with Crippen molar-refractivity contribution in [2.24, 2.45) is 0 Å². The molecule has 1 aliphatic heterocycles. The number of carbonyl (C=O) groups is 3. The third kappa shape index (κ3) is 4.83. The normalized spacial score (nSPS) is 18.1. The first kappa shape index (κ1) is 22.7. The van der Waals surface area contributed by atoms with E-state index in [-0.39, 0.29) is 17.7 Å². The lowest BCUT2D eigenvalue weighted by molar-refractivity contribution is -0.138. The van der Waals surface area contributed by atoms with E-state index in [1.165, 1.54) is 11.8 Å². The number of rotatable bonds is 7. The minimum Gasteiger partial charge on any atom is -0.340 e. The fraction of sp³-hybridized carbons (Fsp3) is 0.292. The first-order chi connectivity index (χ1) is 15.9. The molecular weight excluding hydrogens is 440 g/mol. The summed E-state index contributed by atoms with van der Waals surface area (Å²) in [5.74, 6) is 0.824. The number of hydrogen-bond donors (Lipinski definition) is 2. The maximum atomic E-state index is 13.0. The minimum atomic E-state index is -0.729. The topological polar surface area (TPSA) is 114 Å². The van der Waals surface area contributed by atoms with Gasteiger partial charge in [-0.3, -0.25) is 19.7 Å². The van der Waals surface area contributed by atoms with E-state index >= 15 is 0 Å². The molecule has 2 N–H and O–H groups in total. The van der Waals surface area contributed by atoms with Crippen molar-refractivity contribution in [3.8, 4) is 0 Å². The number of nitrogens with zero attached hydrogens (tertiary/aromatic N) is 2. The van der Waals surface area contributed by atoms with E-state index < -0.39 is 5.41 Å². The van der Waals surface area contributed by atoms with Gasteiger partial charge in [0.15, 0.2) is 5.82 Å². The summed E-state index contributed by atoms with van der Waals surface area (Å²) in [5.41, 5.74) is 1.27. The van der Waals surface area contributed by atoms with Gasteiger partial charge in [0.2, 0.25) is 17.7 Å². The van der Waals surface area contributed by atoms with Gasteiger partial charge in [0.05, 0.1) is 16.7 Å². The number of amides is 3. The van der Waals surface area contributed by atoms with Crippen LogP contribution >= 0.6 is 11.8 Å². The lowest BCUT2D eigenvalue weighted by atomic mass is 9.72. The number of nitrogens with one attached hydrogen (secondary N) is 2. The van der Waals surface area contributed by atoms with Gasteiger partial charge in [-0.05, 0) is 42.7 Å². The zero-order valence-corrected chi connectivity index (χ0v) is 19.2. The fourth-order valence-electron chi connectivity index (χ4n) is 3.96. The van der Waals surface area contributed by atoms with Gasteiger partial charge in [0.1, 0.15) is 0 Å². The van der Waals surface area contributed by atoms with E-state index in [4.69, 9.17) is 4.52 Å². The number of piperidine rings is 1. The van der Waals surface area contributed by atoms with Crippen LogP contribution in [0.4, 0.5) is 5.69 Å². The summed E-state index contributed by atoms with van der Waals surface area (Å²) in [4.78, 5) is 42.1. The maximum Gasteiger partial charge on any atom is 0.256 e. The summed E-state index contributed by atoms with van der Waals surface area (Å²) >= 11 is 1.46. The number of carbonyl (C=O) groups excluding carboxylic acids is 3. The highest BCUT2D eigenvalue weighted by molar-refractivity contribution is 7.98. The first-order valence-corrected chi connectivity index (χ1v) is 11.7. The van der Waals surface area contributed by atoms with E-state index in [9.17, 15) is 14.4 Å². The lowest BCUT2D eigenvalue weighted by Crippen LogP contribution is -2.51. The van der Waals surface area contributed by atoms with Crippen LogP contribution in [0.5, 0.6) is 0 Å². The van der Waals surface area contributed by atoms with Crippen LogP contribution < -0.4 is 10.6 Å². The molecule has 1 aromatic heterocycles. The number of benzene rings is 2. The highest BCUT2D eigenvalue weighted by Gasteiger charge is 2.42. The van der Waals surface area contributed by atoms with Crippen molar-refractivity contribution >= 4 is 35.2 Å². The standard InChI is InChI=1S/C24H24N4O4S/c1-3-24(13-12-21(29)27-23(24)31)16-8-10-17(11-9-16)26-22(30)18-6-4-5-7-19(18)33-14-20-25-15(2)32-28-20/h4-11H,3,12-14H2,1-2H3,(H,26,30)(H,27,29,31). The van der Waals surface area contributed by atoms with E-state index in [1.807, 2.05) is 37.3 Å². The van der Waals surface area contributed by atoms with Gasteiger partial charge < -0.3 is 9.84 Å². The predicted molar refractivity (Wildman–Crippen MR) is 124 cm³/mol. The van der Waals surface area contributed by atoms with Crippen LogP contribution in [0.1, 0.15) is 53.8 Å². The van der Waals surface area contributed by atoms with Crippen LogP contribution in [0, 0.1) is 6.92 Å². The van der Waals surface area contributed by atoms with E-state index in [2.05, 4.69) is 20.8 Å². The van der Waals surface area contributed by atoms with Crippen LogP contribution in [0.3, 0.4) is 0 Å². The van der Waals surface area contributed by atoms with Crippen LogP contribution in [0.15, 0.2) is 57.9 Å². The molecule has 0 aliphatic carbocycles. The largest absolute Gasteiger partial charge is 0.340 e. The molecule has 1 aliphatic rings. The summed E-state index contributed by atoms with van der Waals surface area (Å²) in [6.45, 7) is 3.67. The molecule has 2 heterocycles. The molecule has 8 nitrogen and oxygen atoms in total. The average molecular weight is 465 g/mol. The quantitative estimate of drug-likeness (QED) is 0.401. The van der Waals surface area contributed by atoms with Crippen molar-refractivity contribution in [2.45, 2.75) is 49.2 Å². The smallest absolute Gasteiger partial charge is 0.256 e. The molecule has 170 valence electrons. The number of thioether (sulfide) groups is 1. The van der Waals surface area contributed by atoms with Gasteiger partial charge in [0.25, 0.3) is 5.91 Å². The van der Waals surface area contributed by atoms with Crippen LogP contribution in [0.2, 0.25) is 0 Å². The van der Waals surface area contributed by atoms with Crippen LogP contribution in [0.25, 0.3) is 0 Å². The van der Waals surface area contributed by atoms with Gasteiger partial charge in [-0.1, -0.05) is 36.3 Å². The third-order valence-electron chi connectivity index (χ3n) is 5.82. The zero-order chi connectivity index (χ0) is 23.4. The summed E-state index contributed by atoms with van der Waals surface area (Å²) in [7, 11) is 0. The minimum absolute atomic E-state index is 0.235. The Labute approximate surface area is 195 Å². The van der Waals surface area contributed by atoms with Crippen molar-refractivity contribution in [1.82, 2.24) is 15.5 Å². The third-order valence-corrected chi connectivity index (χ3v) is 6.89. The average Bonchev–Trinajstić information content (AvgIpc) is 3.24. The molecule has 0 spiro atoms. The zero-order valence-electron chi connectivity index (χ0n) is 18.4. The molecule has 0 bridgehead atoms. The Balaban J connectivity index is 1.47. The molecule has 33 heavy (non-hydrogen) atoms. The summed E-state index contributed by atoms with van der Waals surface area (Å²) in [6, 6.07) is 14.6. The highest BCUT2D eigenvalue weighted by Crippen LogP contribution is 2.36. The molecule has 2 aromatic carbocycles. The lowest BCUT2D eigenvalue weighted by Gasteiger charge is -2.35. The van der Waals surface area contributed by atoms with Crippen LogP contribution in [-0.4, -0.2) is 27.9 Å². The monoisotopic (exact) mass is 464 g/mol. The molecule has 4 rings (SSSR count). The highest BCUT2D eigenvalue weighted by atomic mass is 32.2. The summed E-state index contributed by atoms with van der Waals surface area (Å²) in [5, 5.41) is 9.26. The van der Waals surface area contributed by atoms with Crippen molar-refractivity contribution in [1.29, 1.82) is 0 Å². The molecule has 0 radical (unpaired) electrons. The van der Waals surface area contributed by atoms with Gasteiger partial charge in [-0.2, -0.15) is 4.98 Å². The van der Waals surface area contributed by atoms with Crippen molar-refractivity contribution in [3.63, 3.8) is 0 Å². The van der Waals surface area contributed by atoms with Gasteiger partial charge in [-0.25, -0.2) is 0 Å². The first-order valence-electron chi connectivity index (χ1n) is 10.7. The van der Waals surface area contributed by atoms with E-state index in [1.54, 1.807) is 25.1 Å². The molecule has 0 saturated carbocycles. The van der Waals surface area contributed by atoms with Gasteiger partial charge in [-0.15, -0.1) is 11.8 Å². The fourth-order valence-corrected chi connectivity index (χ4v) is 4.85. The maximum absolute atomic E-state index is 13.0. The van der Waals surface area contributed by atoms with Gasteiger partial charge in [0, 0.05) is 23.9 Å². The number of hydrogen-bond acceptors (Lipinski definition) is 7. The van der Waals surface area contributed by atoms with Gasteiger partial charge >= 0.3 is 0 Å². The van der Waals surface area contributed by atoms with Crippen molar-refractivity contribution < 1.29 is 18.9 Å². The number of anilines is 1. The molecule has 1 saturated heterocycles. The van der Waals surface area contributed by atoms with E-state index in [0.29, 0.717) is 48.0 Å². The molecular formula is C24H24N4O4S. The number of aromatic nitrogens is 2. The molecule has 3 amide bonds. The van der Waals surface area contributed by atoms with Crippen molar-refractivity contribution in [3.05, 3.63) is 71.4 Å².